The van der Waals surface area contributed by atoms with Crippen LogP contribution in [0.4, 0.5) is 10.1 Å². The zero-order valence-corrected chi connectivity index (χ0v) is 23.8. The fraction of sp³-hybridized carbons (Fsp3) is 0.222. The predicted octanol–water partition coefficient (Wildman–Crippen LogP) is 5.53. The van der Waals surface area contributed by atoms with Gasteiger partial charge in [0.05, 0.1) is 11.0 Å². The number of ether oxygens (including phenoxy) is 1. The van der Waals surface area contributed by atoms with E-state index in [0.29, 0.717) is 32.4 Å². The largest absolute Gasteiger partial charge is 0.424 e. The molecule has 5 rings (SSSR count). The van der Waals surface area contributed by atoms with E-state index >= 15 is 0 Å². The summed E-state index contributed by atoms with van der Waals surface area (Å²) in [4.78, 5) is 48.2. The zero-order valence-electron chi connectivity index (χ0n) is 20.6. The lowest BCUT2D eigenvalue weighted by molar-refractivity contribution is -0.137. The summed E-state index contributed by atoms with van der Waals surface area (Å²) >= 11 is 6.63. The molecule has 39 heavy (non-hydrogen) atoms. The van der Waals surface area contributed by atoms with Gasteiger partial charge in [-0.2, -0.15) is 0 Å². The van der Waals surface area contributed by atoms with E-state index < -0.39 is 24.0 Å². The summed E-state index contributed by atoms with van der Waals surface area (Å²) in [7, 11) is 0. The summed E-state index contributed by atoms with van der Waals surface area (Å²) in [5.74, 6) is -0.666. The van der Waals surface area contributed by atoms with Crippen molar-refractivity contribution >= 4 is 66.0 Å². The van der Waals surface area contributed by atoms with Crippen molar-refractivity contribution in [3.05, 3.63) is 75.6 Å². The molecule has 1 aliphatic rings. The number of Topliss-reactive ketones (excluding diaryl/α,β-unsaturated/α-hetero) is 1. The Morgan fingerprint density at radius 1 is 1.10 bits per heavy atom. The van der Waals surface area contributed by atoms with Crippen LogP contribution >= 0.6 is 31.9 Å². The van der Waals surface area contributed by atoms with Gasteiger partial charge >= 0.3 is 6.01 Å². The van der Waals surface area contributed by atoms with E-state index in [1.807, 2.05) is 6.07 Å². The van der Waals surface area contributed by atoms with Gasteiger partial charge < -0.3 is 19.5 Å². The third-order valence-corrected chi connectivity index (χ3v) is 7.21. The minimum atomic E-state index is -1.32. The lowest BCUT2D eigenvalue weighted by atomic mass is 10.1. The van der Waals surface area contributed by atoms with Gasteiger partial charge in [0.1, 0.15) is 24.5 Å². The molecule has 1 N–H and O–H groups in total. The number of rotatable bonds is 7. The Morgan fingerprint density at radius 3 is 2.59 bits per heavy atom. The number of amides is 2. The lowest BCUT2D eigenvalue weighted by Gasteiger charge is -2.24. The highest BCUT2D eigenvalue weighted by Gasteiger charge is 2.40. The van der Waals surface area contributed by atoms with Gasteiger partial charge in [-0.05, 0) is 59.3 Å². The van der Waals surface area contributed by atoms with Crippen LogP contribution < -0.4 is 10.1 Å². The first kappa shape index (κ1) is 26.9. The number of ketones is 1. The lowest BCUT2D eigenvalue weighted by Crippen LogP contribution is -2.44. The first-order valence-corrected chi connectivity index (χ1v) is 13.6. The predicted molar refractivity (Wildman–Crippen MR) is 150 cm³/mol. The number of anilines is 1. The highest BCUT2D eigenvalue weighted by molar-refractivity contribution is 9.10. The highest BCUT2D eigenvalue weighted by Crippen LogP contribution is 2.30. The molecule has 1 saturated heterocycles. The number of halogens is 3. The maximum atomic E-state index is 14.4. The van der Waals surface area contributed by atoms with Gasteiger partial charge in [-0.1, -0.05) is 22.0 Å². The summed E-state index contributed by atoms with van der Waals surface area (Å²) in [6.07, 6.45) is 3.29. The van der Waals surface area contributed by atoms with Crippen LogP contribution in [0.1, 0.15) is 23.7 Å². The average molecular weight is 659 g/mol. The molecule has 3 heterocycles. The Morgan fingerprint density at radius 2 is 1.87 bits per heavy atom. The first-order chi connectivity index (χ1) is 18.7. The normalized spacial score (nSPS) is 16.9. The van der Waals surface area contributed by atoms with Crippen LogP contribution in [0.3, 0.4) is 0 Å². The van der Waals surface area contributed by atoms with Crippen LogP contribution in [0.15, 0.2) is 70.0 Å². The summed E-state index contributed by atoms with van der Waals surface area (Å²) in [5.41, 5.74) is 1.55. The molecule has 2 atom stereocenters. The van der Waals surface area contributed by atoms with Crippen molar-refractivity contribution in [1.82, 2.24) is 19.4 Å². The summed E-state index contributed by atoms with van der Waals surface area (Å²) in [6, 6.07) is 11.3. The SMILES string of the molecule is CC(=O)c1cn(CC(=O)N2C[C@H](F)C[C@H]2C(=O)Nc2cccc(Br)c2)c2ccc(Oc3ncc(Br)cn3)cc12. The third kappa shape index (κ3) is 6.01. The van der Waals surface area contributed by atoms with Crippen molar-refractivity contribution in [2.24, 2.45) is 0 Å². The molecular formula is C27H22Br2FN5O4. The average Bonchev–Trinajstić information content (AvgIpc) is 3.46. The molecule has 0 aliphatic carbocycles. The van der Waals surface area contributed by atoms with Crippen LogP contribution in [-0.2, 0) is 16.1 Å². The summed E-state index contributed by atoms with van der Waals surface area (Å²) in [5, 5.41) is 3.35. The van der Waals surface area contributed by atoms with Crippen molar-refractivity contribution in [1.29, 1.82) is 0 Å². The van der Waals surface area contributed by atoms with Crippen LogP contribution in [0.2, 0.25) is 0 Å². The van der Waals surface area contributed by atoms with Gasteiger partial charge in [0.25, 0.3) is 0 Å². The van der Waals surface area contributed by atoms with Crippen molar-refractivity contribution in [2.75, 3.05) is 11.9 Å². The smallest absolute Gasteiger partial charge is 0.321 e. The van der Waals surface area contributed by atoms with Gasteiger partial charge in [-0.15, -0.1) is 0 Å². The Kier molecular flexibility index (Phi) is 7.76. The maximum absolute atomic E-state index is 14.4. The molecule has 2 aromatic carbocycles. The minimum absolute atomic E-state index is 0.0878. The van der Waals surface area contributed by atoms with Crippen LogP contribution in [0.5, 0.6) is 11.8 Å². The van der Waals surface area contributed by atoms with Crippen molar-refractivity contribution < 1.29 is 23.5 Å². The van der Waals surface area contributed by atoms with Gasteiger partial charge in [-0.25, -0.2) is 14.4 Å². The molecule has 0 saturated carbocycles. The molecule has 0 radical (unpaired) electrons. The van der Waals surface area contributed by atoms with E-state index in [1.54, 1.807) is 59.6 Å². The summed E-state index contributed by atoms with van der Waals surface area (Å²) in [6.45, 7) is 1.08. The molecule has 4 aromatic rings. The van der Waals surface area contributed by atoms with Gasteiger partial charge in [-0.3, -0.25) is 14.4 Å². The van der Waals surface area contributed by atoms with Gasteiger partial charge in [0.2, 0.25) is 11.8 Å². The molecule has 12 heteroatoms. The molecule has 1 fully saturated rings. The molecule has 0 unspecified atom stereocenters. The van der Waals surface area contributed by atoms with Crippen molar-refractivity contribution in [3.63, 3.8) is 0 Å². The molecule has 200 valence electrons. The number of likely N-dealkylation sites (tertiary alicyclic amines) is 1. The number of benzene rings is 2. The minimum Gasteiger partial charge on any atom is -0.424 e. The Balaban J connectivity index is 1.37. The number of hydrogen-bond acceptors (Lipinski definition) is 6. The quantitative estimate of drug-likeness (QED) is 0.262. The van der Waals surface area contributed by atoms with E-state index in [1.165, 1.54) is 11.8 Å². The molecule has 2 amide bonds. The number of carbonyl (C=O) groups excluding carboxylic acids is 3. The molecule has 1 aliphatic heterocycles. The second-order valence-electron chi connectivity index (χ2n) is 9.09. The number of hydrogen-bond donors (Lipinski definition) is 1. The molecule has 2 aromatic heterocycles. The number of nitrogens with one attached hydrogen (secondary N) is 1. The summed E-state index contributed by atoms with van der Waals surface area (Å²) < 4.78 is 23.3. The highest BCUT2D eigenvalue weighted by atomic mass is 79.9. The number of carbonyl (C=O) groups is 3. The van der Waals surface area contributed by atoms with Gasteiger partial charge in [0, 0.05) is 51.6 Å². The van der Waals surface area contributed by atoms with E-state index in [9.17, 15) is 18.8 Å². The van der Waals surface area contributed by atoms with Crippen molar-refractivity contribution in [3.8, 4) is 11.8 Å². The third-order valence-electron chi connectivity index (χ3n) is 6.31. The van der Waals surface area contributed by atoms with Crippen LogP contribution in [0, 0.1) is 0 Å². The second kappa shape index (κ2) is 11.2. The topological polar surface area (TPSA) is 106 Å². The fourth-order valence-corrected chi connectivity index (χ4v) is 5.15. The van der Waals surface area contributed by atoms with E-state index in [4.69, 9.17) is 4.74 Å². The van der Waals surface area contributed by atoms with E-state index in [0.717, 1.165) is 4.47 Å². The molecule has 0 bridgehead atoms. The monoisotopic (exact) mass is 657 g/mol. The maximum Gasteiger partial charge on any atom is 0.321 e. The van der Waals surface area contributed by atoms with Gasteiger partial charge in [0.15, 0.2) is 5.78 Å². The van der Waals surface area contributed by atoms with Crippen molar-refractivity contribution in [2.45, 2.75) is 32.1 Å². The Bertz CT molecular complexity index is 1580. The number of aromatic nitrogens is 3. The number of alkyl halides is 1. The van der Waals surface area contributed by atoms with Crippen LogP contribution in [0.25, 0.3) is 10.9 Å². The molecular weight excluding hydrogens is 637 g/mol. The second-order valence-corrected chi connectivity index (χ2v) is 10.9. The van der Waals surface area contributed by atoms with E-state index in [2.05, 4.69) is 47.1 Å². The van der Waals surface area contributed by atoms with E-state index in [-0.39, 0.29) is 31.3 Å². The Hall–Kier alpha value is -3.64. The molecule has 9 nitrogen and oxygen atoms in total. The van der Waals surface area contributed by atoms with Crippen LogP contribution in [-0.4, -0.2) is 55.8 Å². The Labute approximate surface area is 239 Å². The number of nitrogens with zero attached hydrogens (tertiary/aromatic N) is 4. The number of fused-ring (bicyclic) bond motifs is 1. The molecule has 0 spiro atoms. The fourth-order valence-electron chi connectivity index (χ4n) is 4.55. The first-order valence-electron chi connectivity index (χ1n) is 12.0. The zero-order chi connectivity index (χ0) is 27.7. The standard InChI is InChI=1S/C27H22Br2FN5O4/c1-15(36)22-13-34(23-6-5-20(9-21(22)23)39-27-31-10-17(29)11-32-27)14-25(37)35-12-18(30)8-24(35)26(38)33-19-4-2-3-16(28)7-19/h2-7,9-11,13,18,24H,8,12,14H2,1H3,(H,33,38)/t18-,24+/m1/s1.